The Bertz CT molecular complexity index is 605. The van der Waals surface area contributed by atoms with Crippen molar-refractivity contribution in [3.05, 3.63) is 27.0 Å². The standard InChI is InChI=1S/C9H3ClF3NO2S2/c10-3-1-4(17-2-3)7-14-6(9(11,12)13)5(18-7)8(15)16/h1-2H,(H,15,16). The molecular formula is C9H3ClF3NO2S2. The van der Waals surface area contributed by atoms with Crippen LogP contribution in [0.15, 0.2) is 11.4 Å². The van der Waals surface area contributed by atoms with Gasteiger partial charge >= 0.3 is 12.1 Å². The fourth-order valence-electron chi connectivity index (χ4n) is 1.19. The zero-order valence-corrected chi connectivity index (χ0v) is 10.7. The van der Waals surface area contributed by atoms with E-state index >= 15 is 0 Å². The molecule has 0 saturated carbocycles. The number of rotatable bonds is 2. The van der Waals surface area contributed by atoms with Crippen molar-refractivity contribution in [2.24, 2.45) is 0 Å². The van der Waals surface area contributed by atoms with Crippen LogP contribution in [0.1, 0.15) is 15.4 Å². The minimum Gasteiger partial charge on any atom is -0.477 e. The number of carboxylic acid groups (broad SMARTS) is 1. The van der Waals surface area contributed by atoms with Gasteiger partial charge in [0.05, 0.1) is 9.90 Å². The zero-order chi connectivity index (χ0) is 13.5. The molecule has 0 aliphatic rings. The summed E-state index contributed by atoms with van der Waals surface area (Å²) in [6.45, 7) is 0. The topological polar surface area (TPSA) is 50.2 Å². The van der Waals surface area contributed by atoms with Crippen molar-refractivity contribution in [2.75, 3.05) is 0 Å². The van der Waals surface area contributed by atoms with Crippen LogP contribution in [-0.2, 0) is 6.18 Å². The molecule has 2 heterocycles. The fraction of sp³-hybridized carbons (Fsp3) is 0.111. The van der Waals surface area contributed by atoms with Crippen LogP contribution in [0.4, 0.5) is 13.2 Å². The number of thiazole rings is 1. The lowest BCUT2D eigenvalue weighted by molar-refractivity contribution is -0.141. The Kier molecular flexibility index (Phi) is 3.35. The van der Waals surface area contributed by atoms with Crippen LogP contribution in [-0.4, -0.2) is 16.1 Å². The van der Waals surface area contributed by atoms with Crippen molar-refractivity contribution < 1.29 is 23.1 Å². The van der Waals surface area contributed by atoms with Crippen molar-refractivity contribution in [3.63, 3.8) is 0 Å². The van der Waals surface area contributed by atoms with Crippen molar-refractivity contribution in [3.8, 4) is 9.88 Å². The summed E-state index contributed by atoms with van der Waals surface area (Å²) in [4.78, 5) is 13.7. The number of nitrogens with zero attached hydrogens (tertiary/aromatic N) is 1. The Morgan fingerprint density at radius 3 is 2.50 bits per heavy atom. The molecule has 0 aliphatic carbocycles. The van der Waals surface area contributed by atoms with Crippen LogP contribution in [0.3, 0.4) is 0 Å². The molecule has 0 unspecified atom stereocenters. The summed E-state index contributed by atoms with van der Waals surface area (Å²) in [7, 11) is 0. The van der Waals surface area contributed by atoms with E-state index in [2.05, 4.69) is 4.98 Å². The predicted octanol–water partition coefficient (Wildman–Crippen LogP) is 4.24. The van der Waals surface area contributed by atoms with Crippen LogP contribution in [0, 0.1) is 0 Å². The van der Waals surface area contributed by atoms with E-state index in [0.29, 0.717) is 21.2 Å². The lowest BCUT2D eigenvalue weighted by Gasteiger charge is -2.02. The molecule has 1 N–H and O–H groups in total. The molecule has 18 heavy (non-hydrogen) atoms. The minimum absolute atomic E-state index is 0.00313. The molecule has 2 rings (SSSR count). The van der Waals surface area contributed by atoms with Gasteiger partial charge in [-0.1, -0.05) is 11.6 Å². The monoisotopic (exact) mass is 313 g/mol. The smallest absolute Gasteiger partial charge is 0.435 e. The van der Waals surface area contributed by atoms with Gasteiger partial charge in [-0.3, -0.25) is 0 Å². The Hall–Kier alpha value is -1.12. The number of hydrogen-bond donors (Lipinski definition) is 1. The Balaban J connectivity index is 2.56. The summed E-state index contributed by atoms with van der Waals surface area (Å²) in [5.74, 6) is -1.64. The van der Waals surface area contributed by atoms with E-state index in [9.17, 15) is 18.0 Å². The normalized spacial score (nSPS) is 11.8. The molecule has 3 nitrogen and oxygen atoms in total. The Morgan fingerprint density at radius 2 is 2.11 bits per heavy atom. The van der Waals surface area contributed by atoms with E-state index < -0.39 is 22.7 Å². The number of carbonyl (C=O) groups is 1. The van der Waals surface area contributed by atoms with Crippen molar-refractivity contribution in [2.45, 2.75) is 6.18 Å². The Labute approximate surface area is 111 Å². The molecular weight excluding hydrogens is 311 g/mol. The number of alkyl halides is 3. The van der Waals surface area contributed by atoms with Gasteiger partial charge in [-0.05, 0) is 6.07 Å². The highest BCUT2D eigenvalue weighted by Crippen LogP contribution is 2.39. The van der Waals surface area contributed by atoms with E-state index in [1.807, 2.05) is 0 Å². The van der Waals surface area contributed by atoms with E-state index in [4.69, 9.17) is 16.7 Å². The van der Waals surface area contributed by atoms with Gasteiger partial charge in [-0.15, -0.1) is 22.7 Å². The number of thiophene rings is 1. The van der Waals surface area contributed by atoms with Gasteiger partial charge in [-0.25, -0.2) is 9.78 Å². The molecule has 0 atom stereocenters. The second kappa shape index (κ2) is 4.52. The maximum atomic E-state index is 12.6. The van der Waals surface area contributed by atoms with E-state index in [1.165, 1.54) is 11.4 Å². The summed E-state index contributed by atoms with van der Waals surface area (Å²) < 4.78 is 37.8. The third kappa shape index (κ3) is 2.50. The average Bonchev–Trinajstić information content (AvgIpc) is 2.81. The quantitative estimate of drug-likeness (QED) is 0.902. The van der Waals surface area contributed by atoms with Gasteiger partial charge in [0.25, 0.3) is 0 Å². The molecule has 2 aromatic heterocycles. The number of carboxylic acids is 1. The van der Waals surface area contributed by atoms with Crippen molar-refractivity contribution in [1.82, 2.24) is 4.98 Å². The lowest BCUT2D eigenvalue weighted by atomic mass is 10.3. The first-order valence-electron chi connectivity index (χ1n) is 4.34. The minimum atomic E-state index is -4.79. The molecule has 0 fully saturated rings. The molecule has 0 amide bonds. The highest BCUT2D eigenvalue weighted by molar-refractivity contribution is 7.22. The first kappa shape index (κ1) is 13.3. The average molecular weight is 314 g/mol. The van der Waals surface area contributed by atoms with Gasteiger partial charge < -0.3 is 5.11 Å². The molecule has 96 valence electrons. The Morgan fingerprint density at radius 1 is 1.44 bits per heavy atom. The maximum Gasteiger partial charge on any atom is 0.435 e. The highest BCUT2D eigenvalue weighted by Gasteiger charge is 2.39. The maximum absolute atomic E-state index is 12.6. The SMILES string of the molecule is O=C(O)c1sc(-c2cc(Cl)cs2)nc1C(F)(F)F. The number of hydrogen-bond acceptors (Lipinski definition) is 4. The lowest BCUT2D eigenvalue weighted by Crippen LogP contribution is -2.11. The number of aromatic nitrogens is 1. The van der Waals surface area contributed by atoms with Crippen LogP contribution >= 0.6 is 34.3 Å². The predicted molar refractivity (Wildman–Crippen MR) is 62.4 cm³/mol. The first-order valence-corrected chi connectivity index (χ1v) is 6.42. The molecule has 9 heteroatoms. The molecule has 0 aromatic carbocycles. The summed E-state index contributed by atoms with van der Waals surface area (Å²) in [5.41, 5.74) is -1.38. The summed E-state index contributed by atoms with van der Waals surface area (Å²) in [5, 5.41) is 10.6. The van der Waals surface area contributed by atoms with E-state index in [-0.39, 0.29) is 5.01 Å². The first-order chi connectivity index (χ1) is 8.29. The number of halogens is 4. The zero-order valence-electron chi connectivity index (χ0n) is 8.29. The van der Waals surface area contributed by atoms with Crippen LogP contribution in [0.2, 0.25) is 5.02 Å². The fourth-order valence-corrected chi connectivity index (χ4v) is 3.25. The van der Waals surface area contributed by atoms with Crippen LogP contribution in [0.5, 0.6) is 0 Å². The third-order valence-electron chi connectivity index (χ3n) is 1.87. The highest BCUT2D eigenvalue weighted by atomic mass is 35.5. The van der Waals surface area contributed by atoms with Crippen LogP contribution < -0.4 is 0 Å². The summed E-state index contributed by atoms with van der Waals surface area (Å²) in [6.07, 6.45) is -4.79. The molecule has 0 spiro atoms. The molecule has 0 aliphatic heterocycles. The van der Waals surface area contributed by atoms with Gasteiger partial charge in [-0.2, -0.15) is 13.2 Å². The van der Waals surface area contributed by atoms with Gasteiger partial charge in [0.2, 0.25) is 0 Å². The molecule has 0 bridgehead atoms. The summed E-state index contributed by atoms with van der Waals surface area (Å²) >= 11 is 7.24. The molecule has 0 radical (unpaired) electrons. The second-order valence-corrected chi connectivity index (χ2v) is 5.48. The van der Waals surface area contributed by atoms with Gasteiger partial charge in [0.1, 0.15) is 9.88 Å². The molecule has 0 saturated heterocycles. The molecule has 2 aromatic rings. The van der Waals surface area contributed by atoms with Gasteiger partial charge in [0, 0.05) is 5.38 Å². The van der Waals surface area contributed by atoms with Crippen molar-refractivity contribution >= 4 is 40.2 Å². The van der Waals surface area contributed by atoms with Crippen molar-refractivity contribution in [1.29, 1.82) is 0 Å². The third-order valence-corrected chi connectivity index (χ3v) is 4.36. The van der Waals surface area contributed by atoms with E-state index in [1.54, 1.807) is 0 Å². The number of aromatic carboxylic acids is 1. The van der Waals surface area contributed by atoms with E-state index in [0.717, 1.165) is 11.3 Å². The van der Waals surface area contributed by atoms with Gasteiger partial charge in [0.15, 0.2) is 5.69 Å². The largest absolute Gasteiger partial charge is 0.477 e. The summed E-state index contributed by atoms with van der Waals surface area (Å²) in [6, 6.07) is 1.44. The van der Waals surface area contributed by atoms with Crippen LogP contribution in [0.25, 0.3) is 9.88 Å². The second-order valence-electron chi connectivity index (χ2n) is 3.13.